The molecule has 0 unspecified atom stereocenters. The zero-order valence-corrected chi connectivity index (χ0v) is 23.5. The number of hydrogen-bond acceptors (Lipinski definition) is 11. The molecule has 0 aliphatic rings. The fourth-order valence-electron chi connectivity index (χ4n) is 2.75. The molecule has 0 N–H and O–H groups in total. The Hall–Kier alpha value is -1.19. The molecule has 0 radical (unpaired) electrons. The number of benzene rings is 1. The Morgan fingerprint density at radius 1 is 0.474 bits per heavy atom. The molecule has 0 spiro atoms. The van der Waals surface area contributed by atoms with Gasteiger partial charge in [-0.1, -0.05) is 31.5 Å². The van der Waals surface area contributed by atoms with E-state index in [0.717, 1.165) is 19.4 Å². The molecule has 12 heteroatoms. The van der Waals surface area contributed by atoms with Crippen molar-refractivity contribution in [2.45, 2.75) is 24.7 Å². The molecule has 0 aliphatic carbocycles. The van der Waals surface area contributed by atoms with E-state index in [1.165, 1.54) is 12.1 Å². The second-order valence-electron chi connectivity index (χ2n) is 7.84. The highest BCUT2D eigenvalue weighted by Crippen LogP contribution is 2.10. The van der Waals surface area contributed by atoms with Gasteiger partial charge in [0.1, 0.15) is 0 Å². The van der Waals surface area contributed by atoms with Gasteiger partial charge in [-0.2, -0.15) is 8.42 Å². The van der Waals surface area contributed by atoms with Crippen molar-refractivity contribution in [3.8, 4) is 0 Å². The van der Waals surface area contributed by atoms with Crippen molar-refractivity contribution in [1.29, 1.82) is 0 Å². The van der Waals surface area contributed by atoms with E-state index in [1.54, 1.807) is 18.2 Å². The Labute approximate surface area is 228 Å². The molecule has 222 valence electrons. The summed E-state index contributed by atoms with van der Waals surface area (Å²) in [7, 11) is -3.75. The van der Waals surface area contributed by atoms with Gasteiger partial charge in [0.05, 0.1) is 111 Å². The van der Waals surface area contributed by atoms with Gasteiger partial charge in [-0.15, -0.1) is 0 Å². The Bertz CT molecular complexity index is 719. The minimum atomic E-state index is -3.75. The number of hydrogen-bond donors (Lipinski definition) is 0. The molecule has 0 amide bonds. The first-order valence-corrected chi connectivity index (χ1v) is 14.6. The van der Waals surface area contributed by atoms with Crippen molar-refractivity contribution in [3.63, 3.8) is 0 Å². The lowest BCUT2D eigenvalue weighted by Crippen LogP contribution is -2.15. The second-order valence-corrected chi connectivity index (χ2v) is 9.46. The van der Waals surface area contributed by atoms with Crippen LogP contribution in [0.3, 0.4) is 0 Å². The normalized spacial score (nSPS) is 11.8. The standard InChI is InChI=1S/C26H46O11S/c1-2-3-9-29-10-11-30-12-13-31-14-15-32-16-17-33-18-19-34-20-21-35-22-23-36-24-25-37-38(27,28)26-7-5-4-6-8-26/h4-8H,2-3,9-25H2,1H3. The predicted molar refractivity (Wildman–Crippen MR) is 141 cm³/mol. The van der Waals surface area contributed by atoms with E-state index in [0.29, 0.717) is 92.5 Å². The summed E-state index contributed by atoms with van der Waals surface area (Å²) in [6, 6.07) is 7.99. The summed E-state index contributed by atoms with van der Waals surface area (Å²) in [5.74, 6) is 0. The SMILES string of the molecule is CCCCOCCOCCOCCOCCOCCOCCOCCOCCOS(=O)(=O)c1ccccc1. The minimum Gasteiger partial charge on any atom is -0.379 e. The molecular weight excluding hydrogens is 520 g/mol. The van der Waals surface area contributed by atoms with Gasteiger partial charge in [-0.3, -0.25) is 4.18 Å². The maximum Gasteiger partial charge on any atom is 0.297 e. The van der Waals surface area contributed by atoms with Gasteiger partial charge in [0.2, 0.25) is 0 Å². The largest absolute Gasteiger partial charge is 0.379 e. The smallest absolute Gasteiger partial charge is 0.297 e. The fraction of sp³-hybridized carbons (Fsp3) is 0.769. The molecule has 1 rings (SSSR count). The molecule has 0 aromatic heterocycles. The van der Waals surface area contributed by atoms with E-state index in [4.69, 9.17) is 42.1 Å². The lowest BCUT2D eigenvalue weighted by atomic mass is 10.4. The van der Waals surface area contributed by atoms with Gasteiger partial charge < -0.3 is 37.9 Å². The Kier molecular flexibility index (Phi) is 23.9. The zero-order valence-electron chi connectivity index (χ0n) is 22.7. The molecule has 0 heterocycles. The topological polar surface area (TPSA) is 117 Å². The van der Waals surface area contributed by atoms with Crippen LogP contribution in [0.1, 0.15) is 19.8 Å². The van der Waals surface area contributed by atoms with Crippen LogP contribution in [0.15, 0.2) is 35.2 Å². The highest BCUT2D eigenvalue weighted by molar-refractivity contribution is 7.86. The molecule has 0 atom stereocenters. The second kappa shape index (κ2) is 26.1. The first kappa shape index (κ1) is 34.8. The summed E-state index contributed by atoms with van der Waals surface area (Å²) in [4.78, 5) is 0.125. The predicted octanol–water partition coefficient (Wildman–Crippen LogP) is 2.32. The van der Waals surface area contributed by atoms with Gasteiger partial charge in [0.15, 0.2) is 0 Å². The third kappa shape index (κ3) is 21.7. The third-order valence-electron chi connectivity index (χ3n) is 4.74. The van der Waals surface area contributed by atoms with Crippen LogP contribution in [0.4, 0.5) is 0 Å². The Morgan fingerprint density at radius 2 is 0.789 bits per heavy atom. The molecule has 38 heavy (non-hydrogen) atoms. The average molecular weight is 567 g/mol. The van der Waals surface area contributed by atoms with Crippen LogP contribution < -0.4 is 0 Å². The van der Waals surface area contributed by atoms with Crippen LogP contribution in [0.25, 0.3) is 0 Å². The van der Waals surface area contributed by atoms with Gasteiger partial charge in [-0.05, 0) is 18.6 Å². The van der Waals surface area contributed by atoms with Crippen molar-refractivity contribution in [1.82, 2.24) is 0 Å². The third-order valence-corrected chi connectivity index (χ3v) is 6.07. The van der Waals surface area contributed by atoms with E-state index in [2.05, 4.69) is 6.92 Å². The molecule has 0 aliphatic heterocycles. The van der Waals surface area contributed by atoms with Crippen molar-refractivity contribution >= 4 is 10.1 Å². The molecule has 1 aromatic carbocycles. The van der Waals surface area contributed by atoms with E-state index in [-0.39, 0.29) is 18.1 Å². The van der Waals surface area contributed by atoms with Gasteiger partial charge in [0, 0.05) is 6.61 Å². The van der Waals surface area contributed by atoms with E-state index in [9.17, 15) is 8.42 Å². The van der Waals surface area contributed by atoms with E-state index >= 15 is 0 Å². The quantitative estimate of drug-likeness (QED) is 0.105. The minimum absolute atomic E-state index is 0.0511. The van der Waals surface area contributed by atoms with Gasteiger partial charge in [0.25, 0.3) is 10.1 Å². The van der Waals surface area contributed by atoms with Crippen molar-refractivity contribution in [3.05, 3.63) is 30.3 Å². The van der Waals surface area contributed by atoms with Crippen molar-refractivity contribution < 1.29 is 50.5 Å². The van der Waals surface area contributed by atoms with Gasteiger partial charge >= 0.3 is 0 Å². The number of ether oxygens (including phenoxy) is 8. The van der Waals surface area contributed by atoms with Crippen LogP contribution in [0.2, 0.25) is 0 Å². The Morgan fingerprint density at radius 3 is 1.13 bits per heavy atom. The average Bonchev–Trinajstić information content (AvgIpc) is 2.93. The van der Waals surface area contributed by atoms with Gasteiger partial charge in [-0.25, -0.2) is 0 Å². The molecule has 0 saturated heterocycles. The van der Waals surface area contributed by atoms with Crippen LogP contribution in [-0.2, 0) is 52.2 Å². The van der Waals surface area contributed by atoms with Crippen molar-refractivity contribution in [2.24, 2.45) is 0 Å². The van der Waals surface area contributed by atoms with Crippen LogP contribution in [-0.4, -0.2) is 121 Å². The molecular formula is C26H46O11S. The van der Waals surface area contributed by atoms with Crippen LogP contribution in [0, 0.1) is 0 Å². The Balaban J connectivity index is 1.70. The summed E-state index contributed by atoms with van der Waals surface area (Å²) in [6.45, 7) is 9.95. The van der Waals surface area contributed by atoms with Crippen molar-refractivity contribution in [2.75, 3.05) is 112 Å². The molecule has 0 bridgehead atoms. The number of unbranched alkanes of at least 4 members (excludes halogenated alkanes) is 1. The highest BCUT2D eigenvalue weighted by Gasteiger charge is 2.13. The monoisotopic (exact) mass is 566 g/mol. The lowest BCUT2D eigenvalue weighted by Gasteiger charge is -2.09. The summed E-state index contributed by atoms with van der Waals surface area (Å²) in [5.41, 5.74) is 0. The summed E-state index contributed by atoms with van der Waals surface area (Å²) in [6.07, 6.45) is 2.23. The maximum atomic E-state index is 11.9. The van der Waals surface area contributed by atoms with E-state index < -0.39 is 10.1 Å². The summed E-state index contributed by atoms with van der Waals surface area (Å²) < 4.78 is 72.0. The number of rotatable bonds is 29. The van der Waals surface area contributed by atoms with Crippen LogP contribution >= 0.6 is 0 Å². The first-order valence-electron chi connectivity index (χ1n) is 13.2. The molecule has 1 aromatic rings. The molecule has 11 nitrogen and oxygen atoms in total. The van der Waals surface area contributed by atoms with Crippen LogP contribution in [0.5, 0.6) is 0 Å². The first-order chi connectivity index (χ1) is 18.7. The summed E-state index contributed by atoms with van der Waals surface area (Å²) in [5, 5.41) is 0. The molecule has 0 saturated carbocycles. The zero-order chi connectivity index (χ0) is 27.4. The molecule has 0 fully saturated rings. The fourth-order valence-corrected chi connectivity index (χ4v) is 3.66. The lowest BCUT2D eigenvalue weighted by molar-refractivity contribution is -0.0236. The maximum absolute atomic E-state index is 11.9. The highest BCUT2D eigenvalue weighted by atomic mass is 32.2. The summed E-state index contributed by atoms with van der Waals surface area (Å²) >= 11 is 0. The van der Waals surface area contributed by atoms with E-state index in [1.807, 2.05) is 0 Å².